The van der Waals surface area contributed by atoms with Crippen molar-refractivity contribution >= 4 is 50.3 Å². The molecule has 0 aliphatic carbocycles. The molecule has 0 unspecified atom stereocenters. The minimum absolute atomic E-state index is 0.0330. The summed E-state index contributed by atoms with van der Waals surface area (Å²) < 4.78 is 39.4. The zero-order valence-corrected chi connectivity index (χ0v) is 21.3. The second-order valence-corrected chi connectivity index (χ2v) is 10.9. The fraction of sp³-hybridized carbons (Fsp3) is 0.174. The smallest absolute Gasteiger partial charge is 0.338 e. The number of ether oxygens (including phenoxy) is 2. The van der Waals surface area contributed by atoms with Gasteiger partial charge in [0, 0.05) is 20.8 Å². The van der Waals surface area contributed by atoms with E-state index in [1.807, 2.05) is 48.5 Å². The molecule has 0 bridgehead atoms. The standard InChI is InChI=1S/C23H22INO5S2/c1-16-3-12-21(15-22(16)23(26)29-2)32(27,28)25-13-14-31-20-10-8-19(9-11-20)30-18-6-4-17(24)5-7-18/h3-12,15,25H,13-14H2,1-2H3. The van der Waals surface area contributed by atoms with Crippen LogP contribution in [0.1, 0.15) is 15.9 Å². The molecule has 0 fully saturated rings. The van der Waals surface area contributed by atoms with Crippen LogP contribution in [0.15, 0.2) is 76.5 Å². The Morgan fingerprint density at radius 1 is 1.00 bits per heavy atom. The Labute approximate surface area is 205 Å². The first-order valence-electron chi connectivity index (χ1n) is 9.63. The number of carbonyl (C=O) groups is 1. The molecule has 6 nitrogen and oxygen atoms in total. The lowest BCUT2D eigenvalue weighted by Gasteiger charge is -2.10. The first-order chi connectivity index (χ1) is 15.3. The summed E-state index contributed by atoms with van der Waals surface area (Å²) in [6.07, 6.45) is 0. The molecule has 0 saturated heterocycles. The van der Waals surface area contributed by atoms with Crippen molar-refractivity contribution in [2.75, 3.05) is 19.4 Å². The molecule has 0 atom stereocenters. The van der Waals surface area contributed by atoms with Gasteiger partial charge >= 0.3 is 5.97 Å². The molecule has 3 aromatic rings. The number of benzene rings is 3. The van der Waals surface area contributed by atoms with Crippen molar-refractivity contribution in [2.24, 2.45) is 0 Å². The first-order valence-corrected chi connectivity index (χ1v) is 13.2. The summed E-state index contributed by atoms with van der Waals surface area (Å²) in [5.41, 5.74) is 0.887. The fourth-order valence-electron chi connectivity index (χ4n) is 2.77. The highest BCUT2D eigenvalue weighted by Crippen LogP contribution is 2.26. The van der Waals surface area contributed by atoms with E-state index in [2.05, 4.69) is 27.3 Å². The van der Waals surface area contributed by atoms with Gasteiger partial charge in [0.25, 0.3) is 0 Å². The Morgan fingerprint density at radius 3 is 2.25 bits per heavy atom. The van der Waals surface area contributed by atoms with Crippen LogP contribution >= 0.6 is 34.4 Å². The van der Waals surface area contributed by atoms with E-state index >= 15 is 0 Å². The maximum Gasteiger partial charge on any atom is 0.338 e. The Morgan fingerprint density at radius 2 is 1.62 bits per heavy atom. The van der Waals surface area contributed by atoms with Crippen molar-refractivity contribution in [1.29, 1.82) is 0 Å². The molecule has 0 radical (unpaired) electrons. The van der Waals surface area contributed by atoms with Gasteiger partial charge in [0.05, 0.1) is 17.6 Å². The summed E-state index contributed by atoms with van der Waals surface area (Å²) in [7, 11) is -2.47. The van der Waals surface area contributed by atoms with Gasteiger partial charge in [0.1, 0.15) is 11.5 Å². The zero-order chi connectivity index (χ0) is 23.1. The molecule has 0 spiro atoms. The molecule has 0 saturated carbocycles. The lowest BCUT2D eigenvalue weighted by molar-refractivity contribution is 0.0599. The number of thioether (sulfide) groups is 1. The highest BCUT2D eigenvalue weighted by Gasteiger charge is 2.18. The van der Waals surface area contributed by atoms with Crippen molar-refractivity contribution in [3.63, 3.8) is 0 Å². The van der Waals surface area contributed by atoms with Gasteiger partial charge in [-0.05, 0) is 95.7 Å². The molecule has 0 aromatic heterocycles. The average Bonchev–Trinajstić information content (AvgIpc) is 2.79. The summed E-state index contributed by atoms with van der Waals surface area (Å²) in [6, 6.07) is 19.8. The molecule has 1 N–H and O–H groups in total. The van der Waals surface area contributed by atoms with Gasteiger partial charge in [0.15, 0.2) is 0 Å². The maximum atomic E-state index is 12.6. The first kappa shape index (κ1) is 24.6. The lowest BCUT2D eigenvalue weighted by atomic mass is 10.1. The Balaban J connectivity index is 1.52. The predicted octanol–water partition coefficient (Wildman–Crippen LogP) is 5.25. The molecule has 0 aliphatic heterocycles. The molecule has 3 aromatic carbocycles. The minimum atomic E-state index is -3.73. The number of carbonyl (C=O) groups excluding carboxylic acids is 1. The second-order valence-electron chi connectivity index (χ2n) is 6.74. The van der Waals surface area contributed by atoms with Crippen LogP contribution in [0.25, 0.3) is 0 Å². The van der Waals surface area contributed by atoms with Crippen LogP contribution in [0, 0.1) is 10.5 Å². The van der Waals surface area contributed by atoms with Gasteiger partial charge in [-0.3, -0.25) is 0 Å². The minimum Gasteiger partial charge on any atom is -0.465 e. The van der Waals surface area contributed by atoms with Gasteiger partial charge in [-0.2, -0.15) is 0 Å². The number of hydrogen-bond donors (Lipinski definition) is 1. The number of sulfonamides is 1. The van der Waals surface area contributed by atoms with Crippen LogP contribution in [-0.4, -0.2) is 33.8 Å². The third-order valence-corrected chi connectivity index (χ3v) is 7.65. The van der Waals surface area contributed by atoms with Gasteiger partial charge < -0.3 is 9.47 Å². The monoisotopic (exact) mass is 583 g/mol. The van der Waals surface area contributed by atoms with E-state index in [1.165, 1.54) is 31.0 Å². The highest BCUT2D eigenvalue weighted by molar-refractivity contribution is 14.1. The molecular weight excluding hydrogens is 561 g/mol. The Kier molecular flexibility index (Phi) is 8.57. The number of rotatable bonds is 9. The third kappa shape index (κ3) is 6.71. The second kappa shape index (κ2) is 11.2. The number of esters is 1. The third-order valence-electron chi connectivity index (χ3n) is 4.46. The van der Waals surface area contributed by atoms with E-state index in [0.29, 0.717) is 11.3 Å². The molecule has 3 rings (SSSR count). The molecule has 0 aliphatic rings. The normalized spacial score (nSPS) is 11.2. The quantitative estimate of drug-likeness (QED) is 0.161. The van der Waals surface area contributed by atoms with Gasteiger partial charge in [-0.1, -0.05) is 6.07 Å². The van der Waals surface area contributed by atoms with Crippen LogP contribution in [0.3, 0.4) is 0 Å². The topological polar surface area (TPSA) is 81.7 Å². The highest BCUT2D eigenvalue weighted by atomic mass is 127. The van der Waals surface area contributed by atoms with Crippen molar-refractivity contribution in [1.82, 2.24) is 4.72 Å². The number of aryl methyl sites for hydroxylation is 1. The lowest BCUT2D eigenvalue weighted by Crippen LogP contribution is -2.26. The number of nitrogens with one attached hydrogen (secondary N) is 1. The van der Waals surface area contributed by atoms with Gasteiger partial charge in [-0.25, -0.2) is 17.9 Å². The van der Waals surface area contributed by atoms with E-state index in [4.69, 9.17) is 9.47 Å². The summed E-state index contributed by atoms with van der Waals surface area (Å²) in [4.78, 5) is 12.9. The maximum absolute atomic E-state index is 12.6. The molecule has 32 heavy (non-hydrogen) atoms. The largest absolute Gasteiger partial charge is 0.465 e. The molecular formula is C23H22INO5S2. The van der Waals surface area contributed by atoms with Gasteiger partial charge in [-0.15, -0.1) is 11.8 Å². The number of hydrogen-bond acceptors (Lipinski definition) is 6. The van der Waals surface area contributed by atoms with E-state index in [9.17, 15) is 13.2 Å². The Hall–Kier alpha value is -2.08. The van der Waals surface area contributed by atoms with Crippen LogP contribution in [0.2, 0.25) is 0 Å². The van der Waals surface area contributed by atoms with Gasteiger partial charge in [0.2, 0.25) is 10.0 Å². The van der Waals surface area contributed by atoms with E-state index in [0.717, 1.165) is 20.0 Å². The van der Waals surface area contributed by atoms with E-state index in [-0.39, 0.29) is 17.0 Å². The summed E-state index contributed by atoms with van der Waals surface area (Å²) in [5, 5.41) is 0. The molecule has 9 heteroatoms. The average molecular weight is 583 g/mol. The fourth-order valence-corrected chi connectivity index (χ4v) is 5.08. The molecule has 0 amide bonds. The number of halogens is 1. The zero-order valence-electron chi connectivity index (χ0n) is 17.5. The molecule has 168 valence electrons. The van der Waals surface area contributed by atoms with Crippen molar-refractivity contribution in [3.8, 4) is 11.5 Å². The van der Waals surface area contributed by atoms with Crippen molar-refractivity contribution < 1.29 is 22.7 Å². The number of methoxy groups -OCH3 is 1. The van der Waals surface area contributed by atoms with Crippen molar-refractivity contribution in [2.45, 2.75) is 16.7 Å². The summed E-state index contributed by atoms with van der Waals surface area (Å²) >= 11 is 3.77. The van der Waals surface area contributed by atoms with E-state index in [1.54, 1.807) is 13.0 Å². The Bertz CT molecular complexity index is 1180. The SMILES string of the molecule is COC(=O)c1cc(S(=O)(=O)NCCSc2ccc(Oc3ccc(I)cc3)cc2)ccc1C. The van der Waals surface area contributed by atoms with Crippen molar-refractivity contribution in [3.05, 3.63) is 81.4 Å². The van der Waals surface area contributed by atoms with Crippen LogP contribution in [0.4, 0.5) is 0 Å². The predicted molar refractivity (Wildman–Crippen MR) is 134 cm³/mol. The van der Waals surface area contributed by atoms with Crippen LogP contribution < -0.4 is 9.46 Å². The van der Waals surface area contributed by atoms with Crippen LogP contribution in [-0.2, 0) is 14.8 Å². The van der Waals surface area contributed by atoms with E-state index < -0.39 is 16.0 Å². The van der Waals surface area contributed by atoms with Crippen LogP contribution in [0.5, 0.6) is 11.5 Å². The summed E-state index contributed by atoms with van der Waals surface area (Å²) in [5.74, 6) is 1.49. The molecule has 0 heterocycles. The summed E-state index contributed by atoms with van der Waals surface area (Å²) in [6.45, 7) is 1.97.